The van der Waals surface area contributed by atoms with Crippen molar-refractivity contribution >= 4 is 22.6 Å². The maximum absolute atomic E-state index is 12.2. The molecule has 120 valence electrons. The summed E-state index contributed by atoms with van der Waals surface area (Å²) in [5.41, 5.74) is 1.22. The van der Waals surface area contributed by atoms with Gasteiger partial charge in [-0.3, -0.25) is 9.78 Å². The number of carbonyl (C=O) groups is 2. The van der Waals surface area contributed by atoms with Gasteiger partial charge in [-0.05, 0) is 28.5 Å². The van der Waals surface area contributed by atoms with E-state index in [1.54, 1.807) is 18.3 Å². The van der Waals surface area contributed by atoms with Crippen LogP contribution in [0.1, 0.15) is 15.9 Å². The van der Waals surface area contributed by atoms with Gasteiger partial charge in [-0.2, -0.15) is 0 Å². The molecule has 1 aromatic heterocycles. The Bertz CT molecular complexity index is 873. The summed E-state index contributed by atoms with van der Waals surface area (Å²) in [6, 6.07) is 15.7. The van der Waals surface area contributed by atoms with E-state index in [9.17, 15) is 14.7 Å². The van der Waals surface area contributed by atoms with Gasteiger partial charge in [0.15, 0.2) is 0 Å². The van der Waals surface area contributed by atoms with Gasteiger partial charge in [0.05, 0.1) is 5.56 Å². The molecule has 0 spiro atoms. The Kier molecular flexibility index (Phi) is 4.52. The number of hydrogen-bond acceptors (Lipinski definition) is 3. The van der Waals surface area contributed by atoms with Crippen LogP contribution in [0.15, 0.2) is 67.0 Å². The van der Waals surface area contributed by atoms with Crippen LogP contribution < -0.4 is 5.32 Å². The Morgan fingerprint density at radius 1 is 1.04 bits per heavy atom. The summed E-state index contributed by atoms with van der Waals surface area (Å²) in [4.78, 5) is 27.6. The highest BCUT2D eigenvalue weighted by Gasteiger charge is 2.22. The summed E-state index contributed by atoms with van der Waals surface area (Å²) >= 11 is 0. The van der Waals surface area contributed by atoms with Crippen LogP contribution in [0.25, 0.3) is 10.8 Å². The summed E-state index contributed by atoms with van der Waals surface area (Å²) in [6.07, 6.45) is 3.18. The number of carbonyl (C=O) groups excluding carboxylic acids is 1. The first-order chi connectivity index (χ1) is 11.6. The molecule has 1 atom stereocenters. The third kappa shape index (κ3) is 3.41. The minimum atomic E-state index is -1.07. The molecule has 0 saturated carbocycles. The molecule has 0 aliphatic rings. The van der Waals surface area contributed by atoms with Crippen molar-refractivity contribution in [3.63, 3.8) is 0 Å². The van der Waals surface area contributed by atoms with Gasteiger partial charge in [-0.25, -0.2) is 4.79 Å². The van der Waals surface area contributed by atoms with Crippen molar-refractivity contribution in [1.82, 2.24) is 10.3 Å². The number of nitrogens with one attached hydrogen (secondary N) is 1. The van der Waals surface area contributed by atoms with Crippen LogP contribution >= 0.6 is 0 Å². The van der Waals surface area contributed by atoms with Crippen molar-refractivity contribution in [1.29, 1.82) is 0 Å². The SMILES string of the molecule is O=C(N[C@H](Cc1cccc2ccccc12)C(=O)O)c1cccnc1. The zero-order chi connectivity index (χ0) is 16.9. The van der Waals surface area contributed by atoms with E-state index in [2.05, 4.69) is 10.3 Å². The second-order valence-electron chi connectivity index (χ2n) is 5.45. The van der Waals surface area contributed by atoms with Crippen molar-refractivity contribution in [2.45, 2.75) is 12.5 Å². The van der Waals surface area contributed by atoms with Gasteiger partial charge >= 0.3 is 5.97 Å². The molecule has 3 rings (SSSR count). The maximum Gasteiger partial charge on any atom is 0.326 e. The molecule has 0 aliphatic carbocycles. The number of amides is 1. The molecule has 0 radical (unpaired) electrons. The van der Waals surface area contributed by atoms with Crippen molar-refractivity contribution in [2.75, 3.05) is 0 Å². The van der Waals surface area contributed by atoms with Gasteiger partial charge in [0.2, 0.25) is 0 Å². The number of rotatable bonds is 5. The first kappa shape index (κ1) is 15.7. The molecule has 24 heavy (non-hydrogen) atoms. The van der Waals surface area contributed by atoms with E-state index < -0.39 is 17.9 Å². The van der Waals surface area contributed by atoms with E-state index in [4.69, 9.17) is 0 Å². The largest absolute Gasteiger partial charge is 0.480 e. The van der Waals surface area contributed by atoms with E-state index in [0.717, 1.165) is 16.3 Å². The molecular formula is C19H16N2O3. The zero-order valence-corrected chi connectivity index (χ0v) is 12.8. The molecule has 5 heteroatoms. The number of aliphatic carboxylic acids is 1. The predicted molar refractivity (Wildman–Crippen MR) is 90.8 cm³/mol. The van der Waals surface area contributed by atoms with Gasteiger partial charge in [0, 0.05) is 18.8 Å². The number of nitrogens with zero attached hydrogens (tertiary/aromatic N) is 1. The van der Waals surface area contributed by atoms with Crippen LogP contribution in [0.3, 0.4) is 0 Å². The highest BCUT2D eigenvalue weighted by Crippen LogP contribution is 2.20. The highest BCUT2D eigenvalue weighted by molar-refractivity contribution is 5.96. The second kappa shape index (κ2) is 6.91. The van der Waals surface area contributed by atoms with E-state index in [1.807, 2.05) is 42.5 Å². The molecule has 0 saturated heterocycles. The summed E-state index contributed by atoms with van der Waals surface area (Å²) in [5, 5.41) is 14.1. The van der Waals surface area contributed by atoms with Crippen LogP contribution in [-0.4, -0.2) is 28.0 Å². The molecule has 0 bridgehead atoms. The topological polar surface area (TPSA) is 79.3 Å². The average Bonchev–Trinajstić information content (AvgIpc) is 2.62. The van der Waals surface area contributed by atoms with Gasteiger partial charge < -0.3 is 10.4 Å². The van der Waals surface area contributed by atoms with Crippen molar-refractivity contribution in [3.8, 4) is 0 Å². The minimum absolute atomic E-state index is 0.211. The zero-order valence-electron chi connectivity index (χ0n) is 12.8. The van der Waals surface area contributed by atoms with E-state index in [0.29, 0.717) is 5.56 Å². The standard InChI is InChI=1S/C19H16N2O3/c22-18(15-8-4-10-20-12-15)21-17(19(23)24)11-14-7-3-6-13-5-1-2-9-16(13)14/h1-10,12,17H,11H2,(H,21,22)(H,23,24)/t17-/m1/s1. The van der Waals surface area contributed by atoms with E-state index in [-0.39, 0.29) is 6.42 Å². The molecular weight excluding hydrogens is 304 g/mol. The monoisotopic (exact) mass is 320 g/mol. The molecule has 0 aliphatic heterocycles. The summed E-state index contributed by atoms with van der Waals surface area (Å²) < 4.78 is 0. The number of fused-ring (bicyclic) bond motifs is 1. The number of hydrogen-bond donors (Lipinski definition) is 2. The lowest BCUT2D eigenvalue weighted by Gasteiger charge is -2.16. The molecule has 5 nitrogen and oxygen atoms in total. The van der Waals surface area contributed by atoms with E-state index >= 15 is 0 Å². The van der Waals surface area contributed by atoms with Crippen molar-refractivity contribution in [2.24, 2.45) is 0 Å². The van der Waals surface area contributed by atoms with E-state index in [1.165, 1.54) is 6.20 Å². The minimum Gasteiger partial charge on any atom is -0.480 e. The Hall–Kier alpha value is -3.21. The first-order valence-electron chi connectivity index (χ1n) is 7.55. The number of carboxylic acids is 1. The average molecular weight is 320 g/mol. The Labute approximate surface area is 139 Å². The lowest BCUT2D eigenvalue weighted by atomic mass is 9.98. The van der Waals surface area contributed by atoms with Gasteiger partial charge in [-0.15, -0.1) is 0 Å². The predicted octanol–water partition coefficient (Wildman–Crippen LogP) is 2.66. The third-order valence-corrected chi connectivity index (χ3v) is 3.83. The molecule has 1 amide bonds. The van der Waals surface area contributed by atoms with Gasteiger partial charge in [0.1, 0.15) is 6.04 Å². The molecule has 0 unspecified atom stereocenters. The summed E-state index contributed by atoms with van der Waals surface area (Å²) in [6.45, 7) is 0. The number of pyridine rings is 1. The Morgan fingerprint density at radius 2 is 1.83 bits per heavy atom. The number of benzene rings is 2. The normalized spacial score (nSPS) is 11.8. The second-order valence-corrected chi connectivity index (χ2v) is 5.45. The third-order valence-electron chi connectivity index (χ3n) is 3.83. The van der Waals surface area contributed by atoms with Gasteiger partial charge in [-0.1, -0.05) is 42.5 Å². The Morgan fingerprint density at radius 3 is 2.58 bits per heavy atom. The fraction of sp³-hybridized carbons (Fsp3) is 0.105. The summed E-state index contributed by atoms with van der Waals surface area (Å²) in [7, 11) is 0. The number of carboxylic acid groups (broad SMARTS) is 1. The quantitative estimate of drug-likeness (QED) is 0.757. The van der Waals surface area contributed by atoms with Crippen LogP contribution in [0.5, 0.6) is 0 Å². The van der Waals surface area contributed by atoms with Crippen LogP contribution in [-0.2, 0) is 11.2 Å². The Balaban J connectivity index is 1.84. The van der Waals surface area contributed by atoms with Crippen molar-refractivity contribution < 1.29 is 14.7 Å². The first-order valence-corrected chi connectivity index (χ1v) is 7.55. The molecule has 1 heterocycles. The molecule has 3 aromatic rings. The maximum atomic E-state index is 12.2. The molecule has 0 fully saturated rings. The smallest absolute Gasteiger partial charge is 0.326 e. The number of aromatic nitrogens is 1. The fourth-order valence-corrected chi connectivity index (χ4v) is 2.63. The molecule has 2 aromatic carbocycles. The lowest BCUT2D eigenvalue weighted by Crippen LogP contribution is -2.42. The van der Waals surface area contributed by atoms with Crippen LogP contribution in [0.4, 0.5) is 0 Å². The lowest BCUT2D eigenvalue weighted by molar-refractivity contribution is -0.139. The van der Waals surface area contributed by atoms with Gasteiger partial charge in [0.25, 0.3) is 5.91 Å². The van der Waals surface area contributed by atoms with Crippen LogP contribution in [0.2, 0.25) is 0 Å². The highest BCUT2D eigenvalue weighted by atomic mass is 16.4. The fourth-order valence-electron chi connectivity index (χ4n) is 2.63. The van der Waals surface area contributed by atoms with Crippen molar-refractivity contribution in [3.05, 3.63) is 78.1 Å². The summed E-state index contributed by atoms with van der Waals surface area (Å²) in [5.74, 6) is -1.52. The molecule has 2 N–H and O–H groups in total. The van der Waals surface area contributed by atoms with Crippen LogP contribution in [0, 0.1) is 0 Å².